The molecule has 0 radical (unpaired) electrons. The average molecular weight is 376 g/mol. The molecule has 2 aromatic carbocycles. The first-order chi connectivity index (χ1) is 13.0. The Balaban J connectivity index is 1.87. The van der Waals surface area contributed by atoms with Crippen LogP contribution in [-0.2, 0) is 0 Å². The van der Waals surface area contributed by atoms with Crippen LogP contribution in [0.1, 0.15) is 23.1 Å². The molecular weight excluding hydrogens is 356 g/mol. The molecule has 8 nitrogen and oxygen atoms in total. The molecule has 144 valence electrons. The maximum absolute atomic E-state index is 10.5. The van der Waals surface area contributed by atoms with Crippen LogP contribution in [0, 0.1) is 0 Å². The van der Waals surface area contributed by atoms with Crippen LogP contribution in [0.25, 0.3) is 0 Å². The van der Waals surface area contributed by atoms with Crippen LogP contribution in [-0.4, -0.2) is 45.3 Å². The Hall–Kier alpha value is -3.16. The zero-order valence-corrected chi connectivity index (χ0v) is 15.4. The van der Waals surface area contributed by atoms with Gasteiger partial charge in [0, 0.05) is 11.1 Å². The number of ether oxygens (including phenoxy) is 6. The third-order valence-corrected chi connectivity index (χ3v) is 4.96. The molecule has 2 atom stereocenters. The number of benzene rings is 2. The van der Waals surface area contributed by atoms with E-state index in [1.807, 2.05) is 0 Å². The van der Waals surface area contributed by atoms with E-state index in [4.69, 9.17) is 28.4 Å². The van der Waals surface area contributed by atoms with E-state index in [1.165, 1.54) is 28.4 Å². The van der Waals surface area contributed by atoms with Gasteiger partial charge in [0.1, 0.15) is 6.10 Å². The Labute approximate surface area is 155 Å². The average Bonchev–Trinajstić information content (AvgIpc) is 3.05. The van der Waals surface area contributed by atoms with Gasteiger partial charge in [-0.1, -0.05) is 0 Å². The highest BCUT2D eigenvalue weighted by molar-refractivity contribution is 5.68. The molecule has 0 bridgehead atoms. The summed E-state index contributed by atoms with van der Waals surface area (Å²) in [4.78, 5) is 0. The summed E-state index contributed by atoms with van der Waals surface area (Å²) in [6.45, 7) is 0.253. The van der Waals surface area contributed by atoms with E-state index < -0.39 is 6.10 Å². The van der Waals surface area contributed by atoms with E-state index in [2.05, 4.69) is 0 Å². The van der Waals surface area contributed by atoms with Gasteiger partial charge in [-0.2, -0.15) is 0 Å². The normalized spacial score (nSPS) is 19.1. The summed E-state index contributed by atoms with van der Waals surface area (Å²) in [6, 6.07) is 3.32. The van der Waals surface area contributed by atoms with Crippen LogP contribution < -0.4 is 28.4 Å². The first-order valence-corrected chi connectivity index (χ1v) is 8.30. The number of phenolic OH excluding ortho intramolecular Hbond substituents is 2. The van der Waals surface area contributed by atoms with Crippen molar-refractivity contribution in [3.05, 3.63) is 23.3 Å². The highest BCUT2D eigenvalue weighted by atomic mass is 16.6. The Kier molecular flexibility index (Phi) is 3.98. The van der Waals surface area contributed by atoms with Gasteiger partial charge in [0.2, 0.25) is 23.0 Å². The summed E-state index contributed by atoms with van der Waals surface area (Å²) in [5.74, 6) is 1.46. The predicted octanol–water partition coefficient (Wildman–Crippen LogP) is 2.74. The van der Waals surface area contributed by atoms with Crippen molar-refractivity contribution in [2.24, 2.45) is 0 Å². The van der Waals surface area contributed by atoms with Crippen molar-refractivity contribution in [2.75, 3.05) is 35.0 Å². The van der Waals surface area contributed by atoms with Gasteiger partial charge in [-0.05, 0) is 12.1 Å². The minimum atomic E-state index is -0.449. The molecule has 0 saturated carbocycles. The minimum absolute atomic E-state index is 0.0432. The van der Waals surface area contributed by atoms with Crippen molar-refractivity contribution in [1.29, 1.82) is 0 Å². The lowest BCUT2D eigenvalue weighted by Gasteiger charge is -2.29. The lowest BCUT2D eigenvalue weighted by molar-refractivity contribution is 0.132. The van der Waals surface area contributed by atoms with E-state index in [-0.39, 0.29) is 41.3 Å². The summed E-state index contributed by atoms with van der Waals surface area (Å²) in [6.07, 6.45) is -0.449. The predicted molar refractivity (Wildman–Crippen MR) is 94.0 cm³/mol. The highest BCUT2D eigenvalue weighted by Gasteiger charge is 2.45. The lowest BCUT2D eigenvalue weighted by atomic mass is 9.88. The van der Waals surface area contributed by atoms with Crippen LogP contribution >= 0.6 is 0 Å². The number of hydrogen-bond donors (Lipinski definition) is 2. The Morgan fingerprint density at radius 3 is 2.19 bits per heavy atom. The van der Waals surface area contributed by atoms with Gasteiger partial charge in [0.25, 0.3) is 0 Å². The van der Waals surface area contributed by atoms with Gasteiger partial charge in [0.15, 0.2) is 23.0 Å². The van der Waals surface area contributed by atoms with Gasteiger partial charge in [-0.15, -0.1) is 0 Å². The molecule has 0 spiro atoms. The maximum Gasteiger partial charge on any atom is 0.207 e. The maximum atomic E-state index is 10.5. The summed E-state index contributed by atoms with van der Waals surface area (Å²) in [5, 5.41) is 20.8. The van der Waals surface area contributed by atoms with E-state index >= 15 is 0 Å². The van der Waals surface area contributed by atoms with Gasteiger partial charge >= 0.3 is 0 Å². The molecule has 0 saturated heterocycles. The smallest absolute Gasteiger partial charge is 0.207 e. The molecule has 4 rings (SSSR count). The summed E-state index contributed by atoms with van der Waals surface area (Å²) < 4.78 is 33.2. The van der Waals surface area contributed by atoms with E-state index in [1.54, 1.807) is 12.1 Å². The molecule has 0 aromatic heterocycles. The van der Waals surface area contributed by atoms with Crippen molar-refractivity contribution in [2.45, 2.75) is 12.0 Å². The van der Waals surface area contributed by atoms with Crippen molar-refractivity contribution in [3.63, 3.8) is 0 Å². The Morgan fingerprint density at radius 1 is 0.852 bits per heavy atom. The van der Waals surface area contributed by atoms with Crippen LogP contribution in [0.15, 0.2) is 12.1 Å². The minimum Gasteiger partial charge on any atom is -0.504 e. The monoisotopic (exact) mass is 376 g/mol. The van der Waals surface area contributed by atoms with Crippen molar-refractivity contribution >= 4 is 0 Å². The molecule has 2 aromatic rings. The third kappa shape index (κ3) is 2.29. The quantitative estimate of drug-likeness (QED) is 0.841. The number of fused-ring (bicyclic) bond motifs is 5. The second-order valence-electron chi connectivity index (χ2n) is 6.22. The molecule has 2 aliphatic heterocycles. The van der Waals surface area contributed by atoms with E-state index in [0.29, 0.717) is 22.8 Å². The zero-order valence-electron chi connectivity index (χ0n) is 15.4. The second kappa shape index (κ2) is 6.22. The molecule has 0 aliphatic carbocycles. The molecule has 2 unspecified atom stereocenters. The Morgan fingerprint density at radius 2 is 1.56 bits per heavy atom. The fourth-order valence-corrected chi connectivity index (χ4v) is 3.75. The standard InChI is InChI=1S/C19H20O8/c1-22-12-6-9-14-10(7-26-15(9)13(21)18(12)24-3)8-5-11(20)17(23-2)19(25-4)16(8)27-14/h5-6,10,14,20-21H,7H2,1-4H3. The van der Waals surface area contributed by atoms with Gasteiger partial charge in [-0.3, -0.25) is 0 Å². The molecule has 2 aliphatic rings. The largest absolute Gasteiger partial charge is 0.504 e. The van der Waals surface area contributed by atoms with Crippen molar-refractivity contribution in [1.82, 2.24) is 0 Å². The van der Waals surface area contributed by atoms with Crippen LogP contribution in [0.3, 0.4) is 0 Å². The van der Waals surface area contributed by atoms with E-state index in [0.717, 1.165) is 5.56 Å². The highest BCUT2D eigenvalue weighted by Crippen LogP contribution is 2.61. The number of hydrogen-bond acceptors (Lipinski definition) is 8. The molecule has 0 fully saturated rings. The fraction of sp³-hybridized carbons (Fsp3) is 0.368. The molecule has 2 heterocycles. The topological polar surface area (TPSA) is 95.8 Å². The van der Waals surface area contributed by atoms with Crippen molar-refractivity contribution in [3.8, 4) is 46.0 Å². The fourth-order valence-electron chi connectivity index (χ4n) is 3.75. The summed E-state index contributed by atoms with van der Waals surface area (Å²) in [7, 11) is 5.85. The van der Waals surface area contributed by atoms with Crippen LogP contribution in [0.5, 0.6) is 46.0 Å². The third-order valence-electron chi connectivity index (χ3n) is 4.96. The summed E-state index contributed by atoms with van der Waals surface area (Å²) >= 11 is 0. The van der Waals surface area contributed by atoms with Gasteiger partial charge < -0.3 is 38.6 Å². The second-order valence-corrected chi connectivity index (χ2v) is 6.22. The van der Waals surface area contributed by atoms with E-state index in [9.17, 15) is 10.2 Å². The number of methoxy groups -OCH3 is 4. The first kappa shape index (κ1) is 17.3. The van der Waals surface area contributed by atoms with Crippen LogP contribution in [0.4, 0.5) is 0 Å². The number of rotatable bonds is 4. The van der Waals surface area contributed by atoms with Crippen molar-refractivity contribution < 1.29 is 38.6 Å². The number of aromatic hydroxyl groups is 2. The van der Waals surface area contributed by atoms with Gasteiger partial charge in [0.05, 0.1) is 41.0 Å². The first-order valence-electron chi connectivity index (χ1n) is 8.30. The van der Waals surface area contributed by atoms with Crippen LogP contribution in [0.2, 0.25) is 0 Å². The molecule has 27 heavy (non-hydrogen) atoms. The lowest BCUT2D eigenvalue weighted by Crippen LogP contribution is -2.23. The molecular formula is C19H20O8. The molecule has 2 N–H and O–H groups in total. The van der Waals surface area contributed by atoms with Gasteiger partial charge in [-0.25, -0.2) is 0 Å². The summed E-state index contributed by atoms with van der Waals surface area (Å²) in [5.41, 5.74) is 1.37. The molecule has 8 heteroatoms. The SMILES string of the molecule is COc1cc2c(c(O)c1OC)OCC1c3cc(O)c(OC)c(OC)c3OC21. The number of phenols is 2. The molecule has 0 amide bonds. The Bertz CT molecular complexity index is 908. The zero-order chi connectivity index (χ0) is 19.3.